The number of aromatic nitrogens is 1. The molecule has 0 unspecified atom stereocenters. The number of ketones is 1. The largest absolute Gasteiger partial charge is 0.355 e. The maximum absolute atomic E-state index is 12.0. The van der Waals surface area contributed by atoms with E-state index < -0.39 is 0 Å². The van der Waals surface area contributed by atoms with Crippen molar-refractivity contribution < 1.29 is 9.32 Å². The Morgan fingerprint density at radius 2 is 2.18 bits per heavy atom. The van der Waals surface area contributed by atoms with Gasteiger partial charge in [0.25, 0.3) is 0 Å². The van der Waals surface area contributed by atoms with Crippen molar-refractivity contribution in [3.63, 3.8) is 0 Å². The van der Waals surface area contributed by atoms with Crippen LogP contribution in [0, 0.1) is 6.92 Å². The Hall–Kier alpha value is -1.97. The summed E-state index contributed by atoms with van der Waals surface area (Å²) in [5, 5.41) is 4.04. The second kappa shape index (κ2) is 4.49. The van der Waals surface area contributed by atoms with Gasteiger partial charge in [-0.15, -0.1) is 0 Å². The number of rotatable bonds is 3. The minimum Gasteiger partial charge on any atom is -0.355 e. The van der Waals surface area contributed by atoms with Gasteiger partial charge in [0, 0.05) is 6.42 Å². The van der Waals surface area contributed by atoms with Gasteiger partial charge >= 0.3 is 0 Å². The molecule has 1 heterocycles. The molecule has 0 saturated carbocycles. The van der Waals surface area contributed by atoms with E-state index in [1.165, 1.54) is 0 Å². The van der Waals surface area contributed by atoms with E-state index in [2.05, 4.69) is 5.16 Å². The van der Waals surface area contributed by atoms with E-state index in [1.54, 1.807) is 12.1 Å². The lowest BCUT2D eigenvalue weighted by atomic mass is 10.1. The number of nitrogens with zero attached hydrogens (tertiary/aromatic N) is 1. The highest BCUT2D eigenvalue weighted by atomic mass is 16.5. The van der Waals surface area contributed by atoms with Crippen LogP contribution in [0.2, 0.25) is 0 Å². The van der Waals surface area contributed by atoms with Crippen LogP contribution in [0.5, 0.6) is 0 Å². The molecule has 0 saturated heterocycles. The molecule has 4 nitrogen and oxygen atoms in total. The quantitative estimate of drug-likeness (QED) is 0.761. The Kier molecular flexibility index (Phi) is 3.04. The van der Waals surface area contributed by atoms with Crippen molar-refractivity contribution in [1.29, 1.82) is 0 Å². The second-order valence-corrected chi connectivity index (χ2v) is 4.03. The first-order valence-electron chi connectivity index (χ1n) is 5.57. The Morgan fingerprint density at radius 3 is 2.88 bits per heavy atom. The van der Waals surface area contributed by atoms with Gasteiger partial charge < -0.3 is 4.52 Å². The SMILES string of the molecule is CCCC(=O)c1noc2cc(C)ccc2c1=O. The number of benzene rings is 1. The van der Waals surface area contributed by atoms with E-state index in [9.17, 15) is 9.59 Å². The Labute approximate surface area is 98.2 Å². The van der Waals surface area contributed by atoms with Crippen molar-refractivity contribution >= 4 is 16.8 Å². The molecular formula is C13H13NO3. The smallest absolute Gasteiger partial charge is 0.222 e. The van der Waals surface area contributed by atoms with E-state index in [-0.39, 0.29) is 16.9 Å². The van der Waals surface area contributed by atoms with Gasteiger partial charge in [0.2, 0.25) is 5.43 Å². The van der Waals surface area contributed by atoms with Crippen molar-refractivity contribution in [2.24, 2.45) is 0 Å². The molecule has 0 aliphatic rings. The second-order valence-electron chi connectivity index (χ2n) is 4.03. The first-order valence-corrected chi connectivity index (χ1v) is 5.57. The molecule has 2 aromatic rings. The highest BCUT2D eigenvalue weighted by Gasteiger charge is 2.15. The summed E-state index contributed by atoms with van der Waals surface area (Å²) in [5.74, 6) is -0.260. The standard InChI is InChI=1S/C13H13NO3/c1-3-4-10(15)12-13(16)9-6-5-8(2)7-11(9)17-14-12/h5-7H,3-4H2,1-2H3. The summed E-state index contributed by atoms with van der Waals surface area (Å²) < 4.78 is 5.10. The predicted octanol–water partition coefficient (Wildman–Crippen LogP) is 2.48. The van der Waals surface area contributed by atoms with Gasteiger partial charge in [0.15, 0.2) is 17.1 Å². The fraction of sp³-hybridized carbons (Fsp3) is 0.308. The van der Waals surface area contributed by atoms with Crippen LogP contribution in [-0.4, -0.2) is 10.9 Å². The van der Waals surface area contributed by atoms with Crippen LogP contribution in [0.25, 0.3) is 11.0 Å². The average Bonchev–Trinajstić information content (AvgIpc) is 2.29. The van der Waals surface area contributed by atoms with Gasteiger partial charge in [-0.2, -0.15) is 0 Å². The van der Waals surface area contributed by atoms with E-state index in [1.807, 2.05) is 19.9 Å². The van der Waals surface area contributed by atoms with Crippen LogP contribution >= 0.6 is 0 Å². The van der Waals surface area contributed by atoms with Crippen LogP contribution < -0.4 is 5.43 Å². The number of aryl methyl sites for hydroxylation is 1. The number of Topliss-reactive ketones (excluding diaryl/α,β-unsaturated/α-hetero) is 1. The summed E-state index contributed by atoms with van der Waals surface area (Å²) in [4.78, 5) is 23.7. The zero-order chi connectivity index (χ0) is 12.4. The molecule has 17 heavy (non-hydrogen) atoms. The molecule has 4 heteroatoms. The Morgan fingerprint density at radius 1 is 1.41 bits per heavy atom. The lowest BCUT2D eigenvalue weighted by Crippen LogP contribution is -2.17. The predicted molar refractivity (Wildman–Crippen MR) is 64.3 cm³/mol. The first kappa shape index (κ1) is 11.5. The number of fused-ring (bicyclic) bond motifs is 1. The summed E-state index contributed by atoms with van der Waals surface area (Å²) in [7, 11) is 0. The van der Waals surface area contributed by atoms with Crippen molar-refractivity contribution in [2.45, 2.75) is 26.7 Å². The molecule has 0 atom stereocenters. The fourth-order valence-corrected chi connectivity index (χ4v) is 1.68. The topological polar surface area (TPSA) is 60.2 Å². The van der Waals surface area contributed by atoms with Crippen LogP contribution in [0.1, 0.15) is 35.8 Å². The highest BCUT2D eigenvalue weighted by Crippen LogP contribution is 2.12. The van der Waals surface area contributed by atoms with Crippen LogP contribution in [0.3, 0.4) is 0 Å². The molecule has 0 radical (unpaired) electrons. The molecule has 88 valence electrons. The monoisotopic (exact) mass is 231 g/mol. The minimum absolute atomic E-state index is 0.0943. The van der Waals surface area contributed by atoms with Crippen LogP contribution in [0.15, 0.2) is 27.5 Å². The maximum Gasteiger partial charge on any atom is 0.222 e. The summed E-state index contributed by atoms with van der Waals surface area (Å²) in [6.45, 7) is 3.78. The maximum atomic E-state index is 12.0. The van der Waals surface area contributed by atoms with E-state index in [4.69, 9.17) is 4.52 Å². The first-order chi connectivity index (χ1) is 8.13. The summed E-state index contributed by atoms with van der Waals surface area (Å²) in [5.41, 5.74) is 0.964. The van der Waals surface area contributed by atoms with Crippen LogP contribution in [0.4, 0.5) is 0 Å². The molecule has 1 aromatic carbocycles. The van der Waals surface area contributed by atoms with Crippen molar-refractivity contribution in [2.75, 3.05) is 0 Å². The third-order valence-corrected chi connectivity index (χ3v) is 2.57. The van der Waals surface area contributed by atoms with Gasteiger partial charge in [-0.1, -0.05) is 18.1 Å². The Bertz CT molecular complexity index is 628. The summed E-state index contributed by atoms with van der Waals surface area (Å²) in [6.07, 6.45) is 1.00. The molecule has 0 aliphatic carbocycles. The van der Waals surface area contributed by atoms with Crippen molar-refractivity contribution in [3.8, 4) is 0 Å². The number of carbonyl (C=O) groups is 1. The van der Waals surface area contributed by atoms with Gasteiger partial charge in [-0.05, 0) is 31.0 Å². The number of carbonyl (C=O) groups excluding carboxylic acids is 1. The lowest BCUT2D eigenvalue weighted by Gasteiger charge is -2.00. The van der Waals surface area contributed by atoms with Gasteiger partial charge in [-0.3, -0.25) is 9.59 Å². The van der Waals surface area contributed by atoms with E-state index in [0.29, 0.717) is 23.8 Å². The zero-order valence-corrected chi connectivity index (χ0v) is 9.82. The average molecular weight is 231 g/mol. The third kappa shape index (κ3) is 2.11. The van der Waals surface area contributed by atoms with Gasteiger partial charge in [0.05, 0.1) is 5.39 Å². The zero-order valence-electron chi connectivity index (χ0n) is 9.82. The number of hydrogen-bond acceptors (Lipinski definition) is 4. The summed E-state index contributed by atoms with van der Waals surface area (Å²) >= 11 is 0. The molecule has 0 aliphatic heterocycles. The van der Waals surface area contributed by atoms with E-state index in [0.717, 1.165) is 5.56 Å². The Balaban J connectivity index is 2.62. The van der Waals surface area contributed by atoms with Crippen LogP contribution in [-0.2, 0) is 0 Å². The molecule has 0 fully saturated rings. The fourth-order valence-electron chi connectivity index (χ4n) is 1.68. The normalized spacial score (nSPS) is 10.7. The minimum atomic E-state index is -0.343. The molecule has 0 N–H and O–H groups in total. The van der Waals surface area contributed by atoms with Gasteiger partial charge in [0.1, 0.15) is 0 Å². The molecule has 1 aromatic heterocycles. The third-order valence-electron chi connectivity index (χ3n) is 2.57. The molecule has 0 spiro atoms. The van der Waals surface area contributed by atoms with Crippen molar-refractivity contribution in [3.05, 3.63) is 39.7 Å². The lowest BCUT2D eigenvalue weighted by molar-refractivity contribution is 0.0969. The van der Waals surface area contributed by atoms with Gasteiger partial charge in [-0.25, -0.2) is 0 Å². The molecule has 2 rings (SSSR count). The number of hydrogen-bond donors (Lipinski definition) is 0. The molecular weight excluding hydrogens is 218 g/mol. The molecule has 0 bridgehead atoms. The molecule has 0 amide bonds. The van der Waals surface area contributed by atoms with Crippen molar-refractivity contribution in [1.82, 2.24) is 5.16 Å². The van der Waals surface area contributed by atoms with E-state index >= 15 is 0 Å². The summed E-state index contributed by atoms with van der Waals surface area (Å²) in [6, 6.07) is 5.21. The highest BCUT2D eigenvalue weighted by molar-refractivity contribution is 5.96.